The van der Waals surface area contributed by atoms with Crippen LogP contribution in [0, 0.1) is 0 Å². The van der Waals surface area contributed by atoms with Crippen LogP contribution in [0.3, 0.4) is 0 Å². The molecule has 0 aromatic heterocycles. The van der Waals surface area contributed by atoms with E-state index >= 15 is 4.39 Å². The Balaban J connectivity index is 1.52. The zero-order valence-corrected chi connectivity index (χ0v) is 17.5. The van der Waals surface area contributed by atoms with Crippen molar-refractivity contribution in [2.75, 3.05) is 6.54 Å². The van der Waals surface area contributed by atoms with Crippen LogP contribution < -0.4 is 5.32 Å². The Morgan fingerprint density at radius 1 is 0.581 bits per heavy atom. The molecule has 0 unspecified atom stereocenters. The van der Waals surface area contributed by atoms with E-state index < -0.39 is 5.67 Å². The molecule has 0 amide bonds. The Hall–Kier alpha value is -3.23. The van der Waals surface area contributed by atoms with E-state index in [9.17, 15) is 0 Å². The quantitative estimate of drug-likeness (QED) is 0.376. The molecule has 31 heavy (non-hydrogen) atoms. The van der Waals surface area contributed by atoms with E-state index in [0.29, 0.717) is 11.1 Å². The highest BCUT2D eigenvalue weighted by Crippen LogP contribution is 2.41. The molecule has 0 aliphatic carbocycles. The van der Waals surface area contributed by atoms with Crippen LogP contribution in [-0.2, 0) is 5.67 Å². The Bertz CT molecular complexity index is 1030. The predicted molar refractivity (Wildman–Crippen MR) is 127 cm³/mol. The number of nitrogens with one attached hydrogen (secondary N) is 1. The van der Waals surface area contributed by atoms with Crippen molar-refractivity contribution < 1.29 is 4.39 Å². The highest BCUT2D eigenvalue weighted by atomic mass is 19.1. The van der Waals surface area contributed by atoms with E-state index in [1.165, 1.54) is 0 Å². The second-order valence-corrected chi connectivity index (χ2v) is 8.25. The molecule has 0 radical (unpaired) electrons. The number of hydrogen-bond donors (Lipinski definition) is 1. The van der Waals surface area contributed by atoms with Gasteiger partial charge in [-0.25, -0.2) is 4.39 Å². The lowest BCUT2D eigenvalue weighted by Gasteiger charge is -2.33. The summed E-state index contributed by atoms with van der Waals surface area (Å²) >= 11 is 0. The molecule has 5 rings (SSSR count). The summed E-state index contributed by atoms with van der Waals surface area (Å²) in [7, 11) is 0. The number of benzene rings is 4. The Labute approximate surface area is 183 Å². The molecule has 1 aliphatic heterocycles. The van der Waals surface area contributed by atoms with Gasteiger partial charge in [0.25, 0.3) is 0 Å². The summed E-state index contributed by atoms with van der Waals surface area (Å²) in [6, 6.07) is 36.2. The van der Waals surface area contributed by atoms with Crippen LogP contribution in [0.1, 0.15) is 24.0 Å². The Kier molecular flexibility index (Phi) is 5.40. The zero-order valence-electron chi connectivity index (χ0n) is 17.5. The molecule has 1 aliphatic rings. The van der Waals surface area contributed by atoms with Crippen molar-refractivity contribution in [3.05, 3.63) is 120 Å². The maximum absolute atomic E-state index is 17.0. The van der Waals surface area contributed by atoms with Gasteiger partial charge >= 0.3 is 0 Å². The molecule has 1 nitrogen and oxygen atoms in total. The fourth-order valence-corrected chi connectivity index (χ4v) is 4.66. The summed E-state index contributed by atoms with van der Waals surface area (Å²) < 4.78 is 17.0. The van der Waals surface area contributed by atoms with Crippen LogP contribution in [-0.4, -0.2) is 12.6 Å². The third-order valence-corrected chi connectivity index (χ3v) is 6.36. The molecule has 154 valence electrons. The summed E-state index contributed by atoms with van der Waals surface area (Å²) in [5.41, 5.74) is 4.34. The minimum Gasteiger partial charge on any atom is -0.310 e. The van der Waals surface area contributed by atoms with Crippen molar-refractivity contribution in [1.29, 1.82) is 0 Å². The highest BCUT2D eigenvalue weighted by molar-refractivity contribution is 5.65. The van der Waals surface area contributed by atoms with Crippen molar-refractivity contribution >= 4 is 0 Å². The molecular weight excluding hydrogens is 381 g/mol. The second-order valence-electron chi connectivity index (χ2n) is 8.25. The van der Waals surface area contributed by atoms with E-state index in [1.807, 2.05) is 84.9 Å². The van der Waals surface area contributed by atoms with Gasteiger partial charge in [-0.15, -0.1) is 0 Å². The largest absolute Gasteiger partial charge is 0.310 e. The molecule has 4 aromatic carbocycles. The average Bonchev–Trinajstić information content (AvgIpc) is 3.41. The fourth-order valence-electron chi connectivity index (χ4n) is 4.66. The first-order valence-electron chi connectivity index (χ1n) is 11.0. The third-order valence-electron chi connectivity index (χ3n) is 6.36. The van der Waals surface area contributed by atoms with E-state index in [-0.39, 0.29) is 6.04 Å². The number of rotatable bonds is 5. The molecule has 4 aromatic rings. The fraction of sp³-hybridized carbons (Fsp3) is 0.172. The first kappa shape index (κ1) is 19.7. The highest BCUT2D eigenvalue weighted by Gasteiger charge is 2.43. The van der Waals surface area contributed by atoms with Gasteiger partial charge in [0.05, 0.1) is 0 Å². The van der Waals surface area contributed by atoms with Crippen molar-refractivity contribution in [3.63, 3.8) is 0 Å². The van der Waals surface area contributed by atoms with Crippen LogP contribution in [0.5, 0.6) is 0 Å². The minimum absolute atomic E-state index is 0.224. The van der Waals surface area contributed by atoms with Gasteiger partial charge in [0.1, 0.15) is 0 Å². The lowest BCUT2D eigenvalue weighted by atomic mass is 9.80. The van der Waals surface area contributed by atoms with Crippen molar-refractivity contribution in [2.24, 2.45) is 0 Å². The number of alkyl halides is 1. The van der Waals surface area contributed by atoms with Crippen molar-refractivity contribution in [2.45, 2.75) is 24.6 Å². The average molecular weight is 408 g/mol. The van der Waals surface area contributed by atoms with Crippen molar-refractivity contribution in [1.82, 2.24) is 5.32 Å². The first-order chi connectivity index (χ1) is 15.2. The molecule has 1 fully saturated rings. The van der Waals surface area contributed by atoms with Gasteiger partial charge in [-0.05, 0) is 52.8 Å². The lowest BCUT2D eigenvalue weighted by molar-refractivity contribution is 0.163. The lowest BCUT2D eigenvalue weighted by Crippen LogP contribution is -2.42. The van der Waals surface area contributed by atoms with Crippen LogP contribution in [0.15, 0.2) is 109 Å². The van der Waals surface area contributed by atoms with Crippen LogP contribution >= 0.6 is 0 Å². The normalized spacial score (nSPS) is 16.4. The first-order valence-corrected chi connectivity index (χ1v) is 11.0. The maximum Gasteiger partial charge on any atom is 0.176 e. The molecular formula is C29H26FN. The second kappa shape index (κ2) is 8.49. The molecule has 2 heteroatoms. The van der Waals surface area contributed by atoms with Gasteiger partial charge in [-0.1, -0.05) is 109 Å². The summed E-state index contributed by atoms with van der Waals surface area (Å²) in [6.07, 6.45) is 1.83. The van der Waals surface area contributed by atoms with E-state index in [0.717, 1.165) is 41.6 Å². The van der Waals surface area contributed by atoms with E-state index in [4.69, 9.17) is 0 Å². The third kappa shape index (κ3) is 3.80. The van der Waals surface area contributed by atoms with Gasteiger partial charge in [0.15, 0.2) is 5.67 Å². The standard InChI is InChI=1S/C29H26FN/c30-29(28-12-7-21-31-28,26-17-13-24(14-18-26)22-8-3-1-4-9-22)27-19-15-25(16-20-27)23-10-5-2-6-11-23/h1-6,8-11,13-20,28,31H,7,12,21H2/t28-/m0/s1. The van der Waals surface area contributed by atoms with Gasteiger partial charge in [-0.2, -0.15) is 0 Å². The zero-order chi connectivity index (χ0) is 21.1. The van der Waals surface area contributed by atoms with Gasteiger partial charge in [0.2, 0.25) is 0 Å². The van der Waals surface area contributed by atoms with E-state index in [1.54, 1.807) is 0 Å². The van der Waals surface area contributed by atoms with Gasteiger partial charge < -0.3 is 5.32 Å². The molecule has 1 heterocycles. The molecule has 1 saturated heterocycles. The number of hydrogen-bond acceptors (Lipinski definition) is 1. The molecule has 0 bridgehead atoms. The SMILES string of the molecule is FC(c1ccc(-c2ccccc2)cc1)(c1ccc(-c2ccccc2)cc1)[C@@H]1CCCN1. The number of halogens is 1. The van der Waals surface area contributed by atoms with Crippen LogP contribution in [0.25, 0.3) is 22.3 Å². The minimum atomic E-state index is -1.57. The molecule has 0 spiro atoms. The molecule has 1 atom stereocenters. The van der Waals surface area contributed by atoms with Gasteiger partial charge in [-0.3, -0.25) is 0 Å². The Morgan fingerprint density at radius 2 is 1.00 bits per heavy atom. The van der Waals surface area contributed by atoms with Crippen LogP contribution in [0.4, 0.5) is 4.39 Å². The monoisotopic (exact) mass is 407 g/mol. The summed E-state index contributed by atoms with van der Waals surface area (Å²) in [5, 5.41) is 3.41. The summed E-state index contributed by atoms with van der Waals surface area (Å²) in [5.74, 6) is 0. The summed E-state index contributed by atoms with van der Waals surface area (Å²) in [4.78, 5) is 0. The smallest absolute Gasteiger partial charge is 0.176 e. The maximum atomic E-state index is 17.0. The predicted octanol–water partition coefficient (Wildman–Crippen LogP) is 6.99. The van der Waals surface area contributed by atoms with Gasteiger partial charge in [0, 0.05) is 6.04 Å². The summed E-state index contributed by atoms with van der Waals surface area (Å²) in [6.45, 7) is 0.862. The molecule has 0 saturated carbocycles. The topological polar surface area (TPSA) is 12.0 Å². The Morgan fingerprint density at radius 3 is 1.39 bits per heavy atom. The van der Waals surface area contributed by atoms with Crippen LogP contribution in [0.2, 0.25) is 0 Å². The van der Waals surface area contributed by atoms with E-state index in [2.05, 4.69) is 29.6 Å². The molecule has 1 N–H and O–H groups in total. The van der Waals surface area contributed by atoms with Crippen molar-refractivity contribution in [3.8, 4) is 22.3 Å².